The first-order valence-corrected chi connectivity index (χ1v) is 18.1. The highest BCUT2D eigenvalue weighted by molar-refractivity contribution is 6.15. The summed E-state index contributed by atoms with van der Waals surface area (Å²) in [5.41, 5.74) is 7.14. The summed E-state index contributed by atoms with van der Waals surface area (Å²) in [5, 5.41) is 1.63. The third-order valence-electron chi connectivity index (χ3n) is 10.1. The van der Waals surface area contributed by atoms with Crippen LogP contribution in [0.1, 0.15) is 11.0 Å². The summed E-state index contributed by atoms with van der Waals surface area (Å²) in [4.78, 5) is 14.9. The van der Waals surface area contributed by atoms with E-state index in [0.717, 1.165) is 38.6 Å². The van der Waals surface area contributed by atoms with Gasteiger partial charge in [0, 0.05) is 49.5 Å². The Balaban J connectivity index is 1.19. The fraction of sp³-hybridized carbons (Fsp3) is 0. The minimum atomic E-state index is -0.497. The number of furan rings is 1. The monoisotopic (exact) mass is 724 g/mol. The highest BCUT2D eigenvalue weighted by Gasteiger charge is 2.21. The zero-order valence-corrected chi connectivity index (χ0v) is 29.6. The van der Waals surface area contributed by atoms with E-state index in [9.17, 15) is 0 Å². The van der Waals surface area contributed by atoms with E-state index < -0.39 is 36.3 Å². The first-order chi connectivity index (χ1) is 31.1. The standard InChI is InChI=1S/C51H32N4O/c1-4-16-33(17-5-1)36-30-37(32-38(31-36)55-44-27-12-10-22-40(44)41-23-11-13-28-45(41)55)39-24-14-25-42-47-43(26-15-29-46(47)56-48(39)42)51-53-49(34-18-6-2-7-19-34)52-50(54-51)35-20-8-3-9-21-35/h1-32H/i10D,11D,12D,13D,22D,23D,27D,28D. The molecule has 3 aromatic heterocycles. The molecule has 0 N–H and O–H groups in total. The van der Waals surface area contributed by atoms with E-state index in [1.807, 2.05) is 146 Å². The topological polar surface area (TPSA) is 56.7 Å². The van der Waals surface area contributed by atoms with Crippen LogP contribution < -0.4 is 0 Å². The molecule has 0 amide bonds. The van der Waals surface area contributed by atoms with Crippen LogP contribution in [-0.2, 0) is 0 Å². The van der Waals surface area contributed by atoms with Crippen LogP contribution >= 0.6 is 0 Å². The Kier molecular flexibility index (Phi) is 5.74. The summed E-state index contributed by atoms with van der Waals surface area (Å²) < 4.78 is 79.1. The molecule has 0 radical (unpaired) electrons. The Morgan fingerprint density at radius 2 is 0.964 bits per heavy atom. The highest BCUT2D eigenvalue weighted by Crippen LogP contribution is 2.42. The molecule has 56 heavy (non-hydrogen) atoms. The van der Waals surface area contributed by atoms with Gasteiger partial charge in [0.25, 0.3) is 0 Å². The van der Waals surface area contributed by atoms with Crippen LogP contribution in [0.25, 0.3) is 106 Å². The molecule has 3 heterocycles. The molecule has 0 aliphatic heterocycles. The molecule has 0 saturated heterocycles. The molecule has 0 saturated carbocycles. The quantitative estimate of drug-likeness (QED) is 0.171. The Hall–Kier alpha value is -7.63. The summed E-state index contributed by atoms with van der Waals surface area (Å²) >= 11 is 0. The van der Waals surface area contributed by atoms with Gasteiger partial charge in [-0.15, -0.1) is 0 Å². The van der Waals surface area contributed by atoms with Crippen LogP contribution in [-0.4, -0.2) is 19.5 Å². The van der Waals surface area contributed by atoms with E-state index in [4.69, 9.17) is 30.3 Å². The second kappa shape index (κ2) is 13.0. The lowest BCUT2D eigenvalue weighted by Crippen LogP contribution is -2.00. The molecule has 0 spiro atoms. The maximum absolute atomic E-state index is 9.16. The number of fused-ring (bicyclic) bond motifs is 6. The summed E-state index contributed by atoms with van der Waals surface area (Å²) in [7, 11) is 0. The smallest absolute Gasteiger partial charge is 0.164 e. The Morgan fingerprint density at radius 3 is 1.61 bits per heavy atom. The van der Waals surface area contributed by atoms with Gasteiger partial charge in [-0.25, -0.2) is 15.0 Å². The van der Waals surface area contributed by atoms with Gasteiger partial charge in [0.1, 0.15) is 11.2 Å². The number of aromatic nitrogens is 4. The molecule has 0 unspecified atom stereocenters. The van der Waals surface area contributed by atoms with Gasteiger partial charge in [0.15, 0.2) is 17.5 Å². The Morgan fingerprint density at radius 1 is 0.429 bits per heavy atom. The molecule has 262 valence electrons. The van der Waals surface area contributed by atoms with Crippen molar-refractivity contribution in [3.8, 4) is 62.1 Å². The predicted octanol–water partition coefficient (Wildman–Crippen LogP) is 13.2. The third-order valence-corrected chi connectivity index (χ3v) is 10.1. The van der Waals surface area contributed by atoms with E-state index in [1.54, 1.807) is 4.57 Å². The molecule has 0 atom stereocenters. The number of hydrogen-bond donors (Lipinski definition) is 0. The number of para-hydroxylation sites is 3. The van der Waals surface area contributed by atoms with Gasteiger partial charge in [0.2, 0.25) is 0 Å². The van der Waals surface area contributed by atoms with Crippen LogP contribution in [0.5, 0.6) is 0 Å². The van der Waals surface area contributed by atoms with Crippen LogP contribution in [0.4, 0.5) is 0 Å². The molecule has 8 aromatic carbocycles. The lowest BCUT2D eigenvalue weighted by Gasteiger charge is -2.14. The Bertz CT molecular complexity index is 3570. The van der Waals surface area contributed by atoms with E-state index in [1.165, 1.54) is 0 Å². The molecule has 0 aliphatic rings. The molecule has 0 aliphatic carbocycles. The largest absolute Gasteiger partial charge is 0.455 e. The van der Waals surface area contributed by atoms with Crippen LogP contribution in [0.15, 0.2) is 198 Å². The number of hydrogen-bond acceptors (Lipinski definition) is 4. The van der Waals surface area contributed by atoms with Crippen molar-refractivity contribution in [1.82, 2.24) is 19.5 Å². The van der Waals surface area contributed by atoms with Crippen molar-refractivity contribution >= 4 is 43.7 Å². The molecule has 5 nitrogen and oxygen atoms in total. The van der Waals surface area contributed by atoms with E-state index in [2.05, 4.69) is 0 Å². The highest BCUT2D eigenvalue weighted by atomic mass is 16.3. The average Bonchev–Trinajstić information content (AvgIpc) is 3.92. The minimum absolute atomic E-state index is 0.00996. The van der Waals surface area contributed by atoms with Crippen LogP contribution in [0, 0.1) is 0 Å². The van der Waals surface area contributed by atoms with Crippen molar-refractivity contribution in [3.63, 3.8) is 0 Å². The number of benzene rings is 8. The predicted molar refractivity (Wildman–Crippen MR) is 229 cm³/mol. The summed E-state index contributed by atoms with van der Waals surface area (Å²) in [6.07, 6.45) is 0. The van der Waals surface area contributed by atoms with Crippen molar-refractivity contribution < 1.29 is 15.4 Å². The van der Waals surface area contributed by atoms with Crippen molar-refractivity contribution in [2.75, 3.05) is 0 Å². The maximum atomic E-state index is 9.16. The minimum Gasteiger partial charge on any atom is -0.455 e. The van der Waals surface area contributed by atoms with Crippen LogP contribution in [0.3, 0.4) is 0 Å². The molecular formula is C51H32N4O. The van der Waals surface area contributed by atoms with Crippen molar-refractivity contribution in [2.45, 2.75) is 0 Å². The van der Waals surface area contributed by atoms with Gasteiger partial charge in [-0.3, -0.25) is 0 Å². The van der Waals surface area contributed by atoms with Gasteiger partial charge >= 0.3 is 0 Å². The molecular weight excluding hydrogens is 685 g/mol. The second-order valence-corrected chi connectivity index (χ2v) is 13.4. The zero-order valence-electron chi connectivity index (χ0n) is 37.6. The van der Waals surface area contributed by atoms with Crippen molar-refractivity contribution in [2.24, 2.45) is 0 Å². The van der Waals surface area contributed by atoms with Gasteiger partial charge in [-0.05, 0) is 53.0 Å². The fourth-order valence-electron chi connectivity index (χ4n) is 7.56. The number of rotatable bonds is 6. The van der Waals surface area contributed by atoms with E-state index in [0.29, 0.717) is 45.5 Å². The van der Waals surface area contributed by atoms with Gasteiger partial charge in [0.05, 0.1) is 22.0 Å². The van der Waals surface area contributed by atoms with Crippen molar-refractivity contribution in [3.05, 3.63) is 194 Å². The molecule has 0 bridgehead atoms. The molecule has 11 rings (SSSR count). The van der Waals surface area contributed by atoms with Gasteiger partial charge in [-0.1, -0.05) is 158 Å². The Labute approximate surface area is 334 Å². The van der Waals surface area contributed by atoms with E-state index in [-0.39, 0.29) is 33.9 Å². The fourth-order valence-corrected chi connectivity index (χ4v) is 7.56. The average molecular weight is 725 g/mol. The SMILES string of the molecule is [2H]c1c([2H])c([2H])c2c(c1[2H])c1c([2H])c([2H])c([2H])c([2H])c1n2-c1cc(-c2ccccc2)cc(-c2cccc3c2oc2cccc(-c4nc(-c5ccccc5)nc(-c5ccccc5)n4)c23)c1. The first-order valence-electron chi connectivity index (χ1n) is 22.1. The number of nitrogens with zero attached hydrogens (tertiary/aromatic N) is 4. The van der Waals surface area contributed by atoms with Crippen molar-refractivity contribution in [1.29, 1.82) is 0 Å². The summed E-state index contributed by atoms with van der Waals surface area (Å²) in [6, 6.07) is 43.2. The molecule has 11 aromatic rings. The van der Waals surface area contributed by atoms with E-state index >= 15 is 0 Å². The first kappa shape index (κ1) is 24.6. The molecule has 5 heteroatoms. The van der Waals surface area contributed by atoms with Crippen LogP contribution in [0.2, 0.25) is 0 Å². The summed E-state index contributed by atoms with van der Waals surface area (Å²) in [5.74, 6) is 1.53. The maximum Gasteiger partial charge on any atom is 0.164 e. The summed E-state index contributed by atoms with van der Waals surface area (Å²) in [6.45, 7) is 0. The lowest BCUT2D eigenvalue weighted by molar-refractivity contribution is 0.670. The zero-order chi connectivity index (χ0) is 44.0. The second-order valence-electron chi connectivity index (χ2n) is 13.4. The normalized spacial score (nSPS) is 13.6. The van der Waals surface area contributed by atoms with Gasteiger partial charge < -0.3 is 8.98 Å². The molecule has 0 fully saturated rings. The van der Waals surface area contributed by atoms with Gasteiger partial charge in [-0.2, -0.15) is 0 Å². The lowest BCUT2D eigenvalue weighted by atomic mass is 9.96. The third kappa shape index (κ3) is 5.29.